The van der Waals surface area contributed by atoms with E-state index in [1.165, 1.54) is 20.9 Å². The number of hydrogen-bond donors (Lipinski definition) is 3. The number of nitrogens with one attached hydrogen (secondary N) is 2. The number of nitrogen functional groups attached to an aromatic ring is 1. The van der Waals surface area contributed by atoms with Gasteiger partial charge < -0.3 is 16.0 Å². The Kier molecular flexibility index (Phi) is 6.67. The van der Waals surface area contributed by atoms with E-state index in [4.69, 9.17) is 5.73 Å². The number of likely N-dealkylation sites (N-methyl/N-ethyl adjacent to an activating group) is 1. The molecule has 0 fully saturated rings. The SMILES string of the molecule is Cc1c(C(=O)NCc2cccc(C(=O)Nc3nc4c(s3)CC(N(C)C)CC4)c2)nnn1-c1nonc1N. The summed E-state index contributed by atoms with van der Waals surface area (Å²) in [7, 11) is 4.18. The number of carbonyl (C=O) groups excluding carboxylic acids is 2. The maximum Gasteiger partial charge on any atom is 0.274 e. The normalized spacial score (nSPS) is 15.0. The predicted molar refractivity (Wildman–Crippen MR) is 136 cm³/mol. The maximum atomic E-state index is 12.9. The van der Waals surface area contributed by atoms with Crippen LogP contribution in [0.4, 0.5) is 10.9 Å². The Morgan fingerprint density at radius 2 is 2.11 bits per heavy atom. The number of nitrogens with zero attached hydrogens (tertiary/aromatic N) is 7. The zero-order valence-electron chi connectivity index (χ0n) is 20.6. The molecule has 192 valence electrons. The van der Waals surface area contributed by atoms with Crippen molar-refractivity contribution in [1.82, 2.24) is 40.5 Å². The van der Waals surface area contributed by atoms with Crippen LogP contribution in [0.2, 0.25) is 0 Å². The first-order valence-corrected chi connectivity index (χ1v) is 12.5. The van der Waals surface area contributed by atoms with Gasteiger partial charge in [0, 0.05) is 23.0 Å². The van der Waals surface area contributed by atoms with Gasteiger partial charge in [0.25, 0.3) is 11.8 Å². The number of rotatable bonds is 7. The van der Waals surface area contributed by atoms with E-state index in [0.717, 1.165) is 30.5 Å². The first-order valence-electron chi connectivity index (χ1n) is 11.6. The van der Waals surface area contributed by atoms with Crippen LogP contribution in [0.1, 0.15) is 49.1 Å². The third-order valence-corrected chi connectivity index (χ3v) is 7.35. The molecule has 3 aromatic heterocycles. The lowest BCUT2D eigenvalue weighted by molar-refractivity contribution is 0.0944. The summed E-state index contributed by atoms with van der Waals surface area (Å²) in [6, 6.07) is 7.55. The summed E-state index contributed by atoms with van der Waals surface area (Å²) in [5.41, 5.74) is 8.54. The zero-order valence-corrected chi connectivity index (χ0v) is 21.4. The molecule has 5 rings (SSSR count). The number of benzene rings is 1. The number of amides is 2. The van der Waals surface area contributed by atoms with Crippen LogP contribution in [-0.2, 0) is 19.4 Å². The first-order chi connectivity index (χ1) is 17.8. The minimum Gasteiger partial charge on any atom is -0.378 e. The fourth-order valence-corrected chi connectivity index (χ4v) is 5.26. The summed E-state index contributed by atoms with van der Waals surface area (Å²) in [5.74, 6) is -0.494. The van der Waals surface area contributed by atoms with E-state index in [1.54, 1.807) is 25.1 Å². The number of fused-ring (bicyclic) bond motifs is 1. The van der Waals surface area contributed by atoms with Gasteiger partial charge in [-0.1, -0.05) is 17.3 Å². The average Bonchev–Trinajstić information content (AvgIpc) is 3.59. The van der Waals surface area contributed by atoms with Gasteiger partial charge in [-0.05, 0) is 68.3 Å². The molecule has 0 saturated heterocycles. The van der Waals surface area contributed by atoms with Crippen LogP contribution < -0.4 is 16.4 Å². The minimum absolute atomic E-state index is 0.0331. The van der Waals surface area contributed by atoms with Crippen molar-refractivity contribution in [3.63, 3.8) is 0 Å². The van der Waals surface area contributed by atoms with Crippen LogP contribution in [0.3, 0.4) is 0 Å². The highest BCUT2D eigenvalue weighted by atomic mass is 32.1. The van der Waals surface area contributed by atoms with E-state index in [2.05, 4.69) is 59.9 Å². The van der Waals surface area contributed by atoms with E-state index in [0.29, 0.717) is 22.4 Å². The second-order valence-corrected chi connectivity index (χ2v) is 10.1. The Bertz CT molecular complexity index is 1460. The van der Waals surface area contributed by atoms with Crippen LogP contribution in [0.25, 0.3) is 5.82 Å². The van der Waals surface area contributed by atoms with Crippen LogP contribution in [0.15, 0.2) is 28.9 Å². The van der Waals surface area contributed by atoms with E-state index in [1.807, 2.05) is 6.07 Å². The number of anilines is 2. The van der Waals surface area contributed by atoms with E-state index < -0.39 is 5.91 Å². The Hall–Kier alpha value is -4.17. The van der Waals surface area contributed by atoms with E-state index in [-0.39, 0.29) is 29.8 Å². The van der Waals surface area contributed by atoms with Crippen LogP contribution in [0.5, 0.6) is 0 Å². The first kappa shape index (κ1) is 24.5. The molecule has 2 amide bonds. The van der Waals surface area contributed by atoms with Gasteiger partial charge in [-0.25, -0.2) is 9.61 Å². The summed E-state index contributed by atoms with van der Waals surface area (Å²) in [4.78, 5) is 33.7. The van der Waals surface area contributed by atoms with Gasteiger partial charge >= 0.3 is 0 Å². The lowest BCUT2D eigenvalue weighted by atomic mass is 9.97. The monoisotopic (exact) mass is 522 g/mol. The number of aromatic nitrogens is 6. The molecule has 1 aromatic carbocycles. The third kappa shape index (κ3) is 5.06. The van der Waals surface area contributed by atoms with Gasteiger partial charge in [-0.2, -0.15) is 4.68 Å². The third-order valence-electron chi connectivity index (χ3n) is 6.31. The molecule has 1 aliphatic rings. The van der Waals surface area contributed by atoms with Crippen LogP contribution in [0, 0.1) is 6.92 Å². The van der Waals surface area contributed by atoms with Gasteiger partial charge in [0.15, 0.2) is 10.8 Å². The summed E-state index contributed by atoms with van der Waals surface area (Å²) < 4.78 is 5.86. The molecule has 13 nitrogen and oxygen atoms in total. The molecular weight excluding hydrogens is 496 g/mol. The van der Waals surface area contributed by atoms with Crippen LogP contribution >= 0.6 is 11.3 Å². The summed E-state index contributed by atoms with van der Waals surface area (Å²) >= 11 is 1.53. The second kappa shape index (κ2) is 10.1. The van der Waals surface area contributed by atoms with Crippen molar-refractivity contribution in [2.24, 2.45) is 0 Å². The average molecular weight is 523 g/mol. The lowest BCUT2D eigenvalue weighted by Crippen LogP contribution is -2.32. The fraction of sp³-hybridized carbons (Fsp3) is 0.348. The number of aryl methyl sites for hydroxylation is 1. The molecular formula is C23H26N10O3S. The predicted octanol–water partition coefficient (Wildman–Crippen LogP) is 1.60. The summed E-state index contributed by atoms with van der Waals surface area (Å²) in [6.45, 7) is 1.85. The number of hydrogen-bond acceptors (Lipinski definition) is 11. The van der Waals surface area contributed by atoms with Gasteiger partial charge in [-0.15, -0.1) is 16.4 Å². The highest BCUT2D eigenvalue weighted by Gasteiger charge is 2.25. The summed E-state index contributed by atoms with van der Waals surface area (Å²) in [5, 5.41) is 21.3. The van der Waals surface area contributed by atoms with Crippen molar-refractivity contribution < 1.29 is 14.2 Å². The Labute approximate surface area is 216 Å². The smallest absolute Gasteiger partial charge is 0.274 e. The van der Waals surface area contributed by atoms with E-state index >= 15 is 0 Å². The van der Waals surface area contributed by atoms with Crippen molar-refractivity contribution in [3.8, 4) is 5.82 Å². The highest BCUT2D eigenvalue weighted by Crippen LogP contribution is 2.31. The lowest BCUT2D eigenvalue weighted by Gasteiger charge is -2.27. The standard InChI is InChI=1S/C23H26N10O3S/c1-12-18(28-31-33(12)20-19(24)29-36-30-20)22(35)25-11-13-5-4-6-14(9-13)21(34)27-23-26-16-8-7-15(32(2)3)10-17(16)37-23/h4-6,9,15H,7-8,10-11H2,1-3H3,(H2,24,29)(H,25,35)(H,26,27,34). The molecule has 0 spiro atoms. The largest absolute Gasteiger partial charge is 0.378 e. The molecule has 4 N–H and O–H groups in total. The second-order valence-electron chi connectivity index (χ2n) is 8.99. The van der Waals surface area contributed by atoms with Gasteiger partial charge in [0.2, 0.25) is 11.6 Å². The fourth-order valence-electron chi connectivity index (χ4n) is 4.19. The topological polar surface area (TPSA) is 170 Å². The Morgan fingerprint density at radius 3 is 2.86 bits per heavy atom. The minimum atomic E-state index is -0.432. The Morgan fingerprint density at radius 1 is 1.27 bits per heavy atom. The molecule has 1 unspecified atom stereocenters. The molecule has 4 aromatic rings. The molecule has 0 radical (unpaired) electrons. The number of nitrogens with two attached hydrogens (primary N) is 1. The molecule has 0 saturated carbocycles. The van der Waals surface area contributed by atoms with Crippen molar-refractivity contribution >= 4 is 34.1 Å². The maximum absolute atomic E-state index is 12.9. The van der Waals surface area contributed by atoms with Crippen LogP contribution in [-0.4, -0.2) is 67.1 Å². The van der Waals surface area contributed by atoms with Gasteiger partial charge in [-0.3, -0.25) is 14.9 Å². The molecule has 1 aliphatic carbocycles. The molecule has 37 heavy (non-hydrogen) atoms. The van der Waals surface area contributed by atoms with Crippen molar-refractivity contribution in [2.75, 3.05) is 25.1 Å². The Balaban J connectivity index is 1.22. The van der Waals surface area contributed by atoms with Gasteiger partial charge in [0.05, 0.1) is 11.4 Å². The highest BCUT2D eigenvalue weighted by molar-refractivity contribution is 7.15. The zero-order chi connectivity index (χ0) is 26.1. The number of carbonyl (C=O) groups is 2. The molecule has 1 atom stereocenters. The molecule has 0 bridgehead atoms. The van der Waals surface area contributed by atoms with Crippen molar-refractivity contribution in [3.05, 3.63) is 57.4 Å². The quantitative estimate of drug-likeness (QED) is 0.324. The molecule has 0 aliphatic heterocycles. The summed E-state index contributed by atoms with van der Waals surface area (Å²) in [6.07, 6.45) is 2.92. The van der Waals surface area contributed by atoms with Crippen molar-refractivity contribution in [2.45, 2.75) is 38.8 Å². The van der Waals surface area contributed by atoms with Gasteiger partial charge in [0.1, 0.15) is 0 Å². The number of thiazole rings is 1. The van der Waals surface area contributed by atoms with E-state index in [9.17, 15) is 9.59 Å². The molecule has 3 heterocycles. The molecule has 14 heteroatoms. The van der Waals surface area contributed by atoms with Crippen molar-refractivity contribution in [1.29, 1.82) is 0 Å².